The summed E-state index contributed by atoms with van der Waals surface area (Å²) in [6.07, 6.45) is 45.7. The monoisotopic (exact) mass is 1010 g/mol. The molecular weight excluding hydrogens is 897 g/mol. The van der Waals surface area contributed by atoms with Crippen LogP contribution in [-0.2, 0) is 38.3 Å². The molecule has 1 aliphatic rings. The van der Waals surface area contributed by atoms with Gasteiger partial charge in [-0.1, -0.05) is 271 Å². The standard InChI is InChI=1S/C56H110O12S/c1-3-5-7-9-11-13-15-17-19-21-23-25-26-27-29-31-33-35-37-39-41-43-45-52(58)66-50(49-65-56-54(60)55(68-69(61,62)63)53(59)51(47-57)67-56)48-64-46-44-42-40-38-36-34-32-30-28-24-22-20-18-16-14-12-10-8-6-4-2/h50-51,53-57,59-60H,3-49H2,1-2H3,(H,61,62,63). The SMILES string of the molecule is CCCCCCCCCCCCCCCCCCCCCCCCC(=O)OC(COCCCCCCCCCCCCCCCCCCCCCC)COC1OC(CO)C(O)C(OS(=O)(=O)O)C1O. The van der Waals surface area contributed by atoms with Crippen molar-refractivity contribution in [3.8, 4) is 0 Å². The van der Waals surface area contributed by atoms with E-state index in [-0.39, 0.29) is 25.6 Å². The highest BCUT2D eigenvalue weighted by molar-refractivity contribution is 7.80. The normalized spacial score (nSPS) is 19.1. The molecule has 6 unspecified atom stereocenters. The van der Waals surface area contributed by atoms with Crippen molar-refractivity contribution in [3.05, 3.63) is 0 Å². The Morgan fingerprint density at radius 2 is 0.826 bits per heavy atom. The van der Waals surface area contributed by atoms with Crippen LogP contribution in [0.2, 0.25) is 0 Å². The molecule has 0 aliphatic carbocycles. The molecule has 0 saturated carbocycles. The van der Waals surface area contributed by atoms with Gasteiger partial charge in [0.1, 0.15) is 30.5 Å². The molecule has 69 heavy (non-hydrogen) atoms. The Kier molecular flexibility index (Phi) is 46.1. The summed E-state index contributed by atoms with van der Waals surface area (Å²) >= 11 is 0. The number of rotatable bonds is 53. The van der Waals surface area contributed by atoms with Crippen LogP contribution in [0.3, 0.4) is 0 Å². The molecule has 0 aromatic heterocycles. The van der Waals surface area contributed by atoms with Crippen LogP contribution in [0.1, 0.15) is 290 Å². The van der Waals surface area contributed by atoms with Gasteiger partial charge >= 0.3 is 16.4 Å². The lowest BCUT2D eigenvalue weighted by atomic mass is 9.99. The van der Waals surface area contributed by atoms with E-state index in [1.165, 1.54) is 225 Å². The molecule has 1 saturated heterocycles. The first-order valence-corrected chi connectivity index (χ1v) is 30.7. The fourth-order valence-electron chi connectivity index (χ4n) is 9.56. The van der Waals surface area contributed by atoms with Gasteiger partial charge in [-0.05, 0) is 12.8 Å². The summed E-state index contributed by atoms with van der Waals surface area (Å²) in [5.74, 6) is -0.388. The van der Waals surface area contributed by atoms with Gasteiger partial charge in [0.05, 0.1) is 19.8 Å². The van der Waals surface area contributed by atoms with Gasteiger partial charge in [-0.25, -0.2) is 4.18 Å². The first kappa shape index (κ1) is 66.1. The number of hydrogen-bond donors (Lipinski definition) is 4. The molecule has 1 heterocycles. The number of ether oxygens (including phenoxy) is 4. The zero-order valence-corrected chi connectivity index (χ0v) is 45.5. The number of carbonyl (C=O) groups excluding carboxylic acids is 1. The van der Waals surface area contributed by atoms with Gasteiger partial charge in [0, 0.05) is 13.0 Å². The van der Waals surface area contributed by atoms with Crippen molar-refractivity contribution in [2.24, 2.45) is 0 Å². The van der Waals surface area contributed by atoms with Crippen LogP contribution < -0.4 is 0 Å². The van der Waals surface area contributed by atoms with E-state index in [0.29, 0.717) is 13.0 Å². The third kappa shape index (κ3) is 41.2. The van der Waals surface area contributed by atoms with E-state index in [0.717, 1.165) is 38.5 Å². The third-order valence-electron chi connectivity index (χ3n) is 14.0. The molecule has 0 radical (unpaired) electrons. The lowest BCUT2D eigenvalue weighted by molar-refractivity contribution is -0.301. The van der Waals surface area contributed by atoms with Crippen LogP contribution in [0, 0.1) is 0 Å². The lowest BCUT2D eigenvalue weighted by Crippen LogP contribution is -2.60. The highest BCUT2D eigenvalue weighted by atomic mass is 32.3. The van der Waals surface area contributed by atoms with E-state index in [1.807, 2.05) is 0 Å². The Hall–Kier alpha value is -0.900. The fourth-order valence-corrected chi connectivity index (χ4v) is 10.1. The van der Waals surface area contributed by atoms with Crippen molar-refractivity contribution in [3.63, 3.8) is 0 Å². The zero-order valence-electron chi connectivity index (χ0n) is 44.7. The molecule has 1 rings (SSSR count). The summed E-state index contributed by atoms with van der Waals surface area (Å²) in [7, 11) is -5.06. The Balaban J connectivity index is 2.27. The van der Waals surface area contributed by atoms with Gasteiger partial charge < -0.3 is 34.3 Å². The fraction of sp³-hybridized carbons (Fsp3) is 0.982. The first-order chi connectivity index (χ1) is 33.6. The second-order valence-electron chi connectivity index (χ2n) is 20.6. The molecule has 0 bridgehead atoms. The largest absolute Gasteiger partial charge is 0.457 e. The van der Waals surface area contributed by atoms with E-state index in [4.69, 9.17) is 18.9 Å². The summed E-state index contributed by atoms with van der Waals surface area (Å²) in [6, 6.07) is 0. The maximum absolute atomic E-state index is 13.0. The Morgan fingerprint density at radius 1 is 0.493 bits per heavy atom. The second-order valence-corrected chi connectivity index (χ2v) is 21.7. The molecule has 4 N–H and O–H groups in total. The molecular formula is C56H110O12S. The molecule has 13 heteroatoms. The van der Waals surface area contributed by atoms with E-state index < -0.39 is 53.8 Å². The highest BCUT2D eigenvalue weighted by Gasteiger charge is 2.48. The summed E-state index contributed by atoms with van der Waals surface area (Å²) < 4.78 is 59.4. The van der Waals surface area contributed by atoms with Gasteiger partial charge in [0.25, 0.3) is 0 Å². The number of hydrogen-bond acceptors (Lipinski definition) is 11. The van der Waals surface area contributed by atoms with Crippen molar-refractivity contribution < 1.29 is 56.2 Å². The van der Waals surface area contributed by atoms with E-state index in [1.54, 1.807) is 0 Å². The Bertz CT molecular complexity index is 1210. The van der Waals surface area contributed by atoms with Crippen LogP contribution in [0.4, 0.5) is 0 Å². The molecule has 412 valence electrons. The highest BCUT2D eigenvalue weighted by Crippen LogP contribution is 2.26. The molecule has 1 aliphatic heterocycles. The summed E-state index contributed by atoms with van der Waals surface area (Å²) in [4.78, 5) is 13.0. The zero-order chi connectivity index (χ0) is 50.3. The van der Waals surface area contributed by atoms with Crippen molar-refractivity contribution in [1.29, 1.82) is 0 Å². The first-order valence-electron chi connectivity index (χ1n) is 29.3. The van der Waals surface area contributed by atoms with Gasteiger partial charge in [0.2, 0.25) is 0 Å². The van der Waals surface area contributed by atoms with E-state index in [9.17, 15) is 33.1 Å². The Morgan fingerprint density at radius 3 is 1.16 bits per heavy atom. The minimum absolute atomic E-state index is 0.0457. The molecule has 1 fully saturated rings. The minimum atomic E-state index is -5.06. The molecule has 0 spiro atoms. The summed E-state index contributed by atoms with van der Waals surface area (Å²) in [6.45, 7) is 4.08. The molecule has 6 atom stereocenters. The van der Waals surface area contributed by atoms with Crippen molar-refractivity contribution in [1.82, 2.24) is 0 Å². The molecule has 0 amide bonds. The number of esters is 1. The van der Waals surface area contributed by atoms with Gasteiger partial charge in [-0.2, -0.15) is 8.42 Å². The number of aliphatic hydroxyl groups excluding tert-OH is 3. The second kappa shape index (κ2) is 48.1. The van der Waals surface area contributed by atoms with E-state index >= 15 is 0 Å². The average Bonchev–Trinajstić information content (AvgIpc) is 3.32. The van der Waals surface area contributed by atoms with Crippen LogP contribution >= 0.6 is 0 Å². The van der Waals surface area contributed by atoms with Crippen LogP contribution in [0.15, 0.2) is 0 Å². The van der Waals surface area contributed by atoms with Crippen LogP contribution in [0.5, 0.6) is 0 Å². The predicted molar refractivity (Wildman–Crippen MR) is 281 cm³/mol. The smallest absolute Gasteiger partial charge is 0.397 e. The number of unbranched alkanes of at least 4 members (excludes halogenated alkanes) is 40. The minimum Gasteiger partial charge on any atom is -0.457 e. The van der Waals surface area contributed by atoms with Gasteiger partial charge in [-0.15, -0.1) is 0 Å². The summed E-state index contributed by atoms with van der Waals surface area (Å²) in [5.41, 5.74) is 0. The van der Waals surface area contributed by atoms with Crippen LogP contribution in [0.25, 0.3) is 0 Å². The third-order valence-corrected chi connectivity index (χ3v) is 14.4. The average molecular weight is 1010 g/mol. The quantitative estimate of drug-likeness (QED) is 0.0258. The maximum atomic E-state index is 13.0. The lowest BCUT2D eigenvalue weighted by Gasteiger charge is -2.41. The van der Waals surface area contributed by atoms with Crippen molar-refractivity contribution >= 4 is 16.4 Å². The van der Waals surface area contributed by atoms with Crippen molar-refractivity contribution in [2.75, 3.05) is 26.4 Å². The van der Waals surface area contributed by atoms with E-state index in [2.05, 4.69) is 18.0 Å². The van der Waals surface area contributed by atoms with Gasteiger partial charge in [-0.3, -0.25) is 9.35 Å². The molecule has 12 nitrogen and oxygen atoms in total. The van der Waals surface area contributed by atoms with Crippen molar-refractivity contribution in [2.45, 2.75) is 327 Å². The molecule has 0 aromatic rings. The molecule has 0 aromatic carbocycles. The number of carbonyl (C=O) groups is 1. The van der Waals surface area contributed by atoms with Gasteiger partial charge in [0.15, 0.2) is 6.29 Å². The maximum Gasteiger partial charge on any atom is 0.397 e. The topological polar surface area (TPSA) is 178 Å². The summed E-state index contributed by atoms with van der Waals surface area (Å²) in [5, 5.41) is 30.8. The number of aliphatic hydroxyl groups is 3. The van der Waals surface area contributed by atoms with Crippen LogP contribution in [-0.4, -0.2) is 97.5 Å². The Labute approximate surface area is 424 Å². The predicted octanol–water partition coefficient (Wildman–Crippen LogP) is 14.4.